The highest BCUT2D eigenvalue weighted by molar-refractivity contribution is 5.92. The Morgan fingerprint density at radius 1 is 1.22 bits per heavy atom. The molecule has 2 aliphatic rings. The largest absolute Gasteiger partial charge is 0.487 e. The highest BCUT2D eigenvalue weighted by atomic mass is 16.5. The van der Waals surface area contributed by atoms with Crippen molar-refractivity contribution in [2.75, 3.05) is 0 Å². The molecule has 1 amide bonds. The van der Waals surface area contributed by atoms with Crippen LogP contribution in [0.1, 0.15) is 54.2 Å². The molecule has 0 saturated heterocycles. The SMILES string of the molecule is O=C(N[C@H]1CC2(CCCC2)Oc2ccccc21)c1cnccn1. The first-order valence-electron chi connectivity index (χ1n) is 8.11. The number of carbonyl (C=O) groups is 1. The van der Waals surface area contributed by atoms with E-state index in [0.717, 1.165) is 30.6 Å². The Morgan fingerprint density at radius 2 is 2.04 bits per heavy atom. The van der Waals surface area contributed by atoms with Crippen molar-refractivity contribution in [1.29, 1.82) is 0 Å². The van der Waals surface area contributed by atoms with Crippen molar-refractivity contribution in [3.05, 3.63) is 54.1 Å². The van der Waals surface area contributed by atoms with Gasteiger partial charge in [0.05, 0.1) is 12.2 Å². The van der Waals surface area contributed by atoms with Crippen molar-refractivity contribution in [1.82, 2.24) is 15.3 Å². The third-order valence-electron chi connectivity index (χ3n) is 4.81. The van der Waals surface area contributed by atoms with Crippen molar-refractivity contribution in [2.24, 2.45) is 0 Å². The average Bonchev–Trinajstić information content (AvgIpc) is 3.03. The van der Waals surface area contributed by atoms with Crippen LogP contribution in [-0.4, -0.2) is 21.5 Å². The molecule has 0 unspecified atom stereocenters. The smallest absolute Gasteiger partial charge is 0.271 e. The van der Waals surface area contributed by atoms with Crippen LogP contribution in [0.15, 0.2) is 42.9 Å². The molecule has 1 fully saturated rings. The van der Waals surface area contributed by atoms with E-state index >= 15 is 0 Å². The second-order valence-electron chi connectivity index (χ2n) is 6.35. The molecule has 2 aromatic rings. The zero-order valence-electron chi connectivity index (χ0n) is 12.9. The van der Waals surface area contributed by atoms with Crippen LogP contribution < -0.4 is 10.1 Å². The Bertz CT molecular complexity index is 711. The van der Waals surface area contributed by atoms with Crippen LogP contribution in [0.2, 0.25) is 0 Å². The molecular formula is C18H19N3O2. The lowest BCUT2D eigenvalue weighted by Crippen LogP contribution is -2.43. The molecule has 4 rings (SSSR count). The highest BCUT2D eigenvalue weighted by Gasteiger charge is 2.43. The zero-order valence-corrected chi connectivity index (χ0v) is 12.9. The van der Waals surface area contributed by atoms with Gasteiger partial charge < -0.3 is 10.1 Å². The summed E-state index contributed by atoms with van der Waals surface area (Å²) >= 11 is 0. The summed E-state index contributed by atoms with van der Waals surface area (Å²) in [5.74, 6) is 0.707. The van der Waals surface area contributed by atoms with E-state index in [2.05, 4.69) is 15.3 Å². The van der Waals surface area contributed by atoms with Crippen molar-refractivity contribution in [3.8, 4) is 5.75 Å². The van der Waals surface area contributed by atoms with Crippen molar-refractivity contribution >= 4 is 5.91 Å². The van der Waals surface area contributed by atoms with E-state index < -0.39 is 0 Å². The number of fused-ring (bicyclic) bond motifs is 1. The maximum atomic E-state index is 12.5. The minimum absolute atomic E-state index is 0.0486. The molecule has 1 aliphatic heterocycles. The van der Waals surface area contributed by atoms with Gasteiger partial charge in [0.1, 0.15) is 17.0 Å². The summed E-state index contributed by atoms with van der Waals surface area (Å²) in [4.78, 5) is 20.5. The number of amides is 1. The molecule has 5 nitrogen and oxygen atoms in total. The summed E-state index contributed by atoms with van der Waals surface area (Å²) in [5, 5.41) is 3.12. The molecule has 1 saturated carbocycles. The molecule has 1 aliphatic carbocycles. The third kappa shape index (κ3) is 2.67. The van der Waals surface area contributed by atoms with Crippen LogP contribution >= 0.6 is 0 Å². The Balaban J connectivity index is 1.63. The number of rotatable bonds is 2. The summed E-state index contributed by atoms with van der Waals surface area (Å²) in [6.07, 6.45) is 9.89. The maximum Gasteiger partial charge on any atom is 0.271 e. The van der Waals surface area contributed by atoms with Crippen LogP contribution in [-0.2, 0) is 0 Å². The number of nitrogens with one attached hydrogen (secondary N) is 1. The molecule has 1 spiro atoms. The van der Waals surface area contributed by atoms with E-state index in [9.17, 15) is 4.79 Å². The third-order valence-corrected chi connectivity index (χ3v) is 4.81. The van der Waals surface area contributed by atoms with Gasteiger partial charge in [0.15, 0.2) is 0 Å². The molecule has 2 heterocycles. The van der Waals surface area contributed by atoms with Crippen LogP contribution in [0.3, 0.4) is 0 Å². The fourth-order valence-electron chi connectivity index (χ4n) is 3.72. The van der Waals surface area contributed by atoms with Gasteiger partial charge in [-0.2, -0.15) is 0 Å². The highest BCUT2D eigenvalue weighted by Crippen LogP contribution is 2.46. The van der Waals surface area contributed by atoms with Crippen molar-refractivity contribution in [2.45, 2.75) is 43.7 Å². The van der Waals surface area contributed by atoms with E-state index in [-0.39, 0.29) is 17.6 Å². The van der Waals surface area contributed by atoms with Crippen molar-refractivity contribution < 1.29 is 9.53 Å². The van der Waals surface area contributed by atoms with Crippen LogP contribution in [0.5, 0.6) is 5.75 Å². The summed E-state index contributed by atoms with van der Waals surface area (Å²) in [5.41, 5.74) is 1.26. The molecule has 1 aromatic heterocycles. The van der Waals surface area contributed by atoms with Crippen LogP contribution in [0.25, 0.3) is 0 Å². The first kappa shape index (κ1) is 14.2. The first-order valence-corrected chi connectivity index (χ1v) is 8.11. The summed E-state index contributed by atoms with van der Waals surface area (Å²) in [6, 6.07) is 7.94. The Kier molecular flexibility index (Phi) is 3.48. The van der Waals surface area contributed by atoms with Crippen LogP contribution in [0.4, 0.5) is 0 Å². The minimum atomic E-state index is -0.187. The lowest BCUT2D eigenvalue weighted by molar-refractivity contribution is 0.0360. The number of nitrogens with zero attached hydrogens (tertiary/aromatic N) is 2. The second-order valence-corrected chi connectivity index (χ2v) is 6.35. The van der Waals surface area contributed by atoms with Gasteiger partial charge in [-0.25, -0.2) is 4.98 Å². The Morgan fingerprint density at radius 3 is 2.83 bits per heavy atom. The number of aromatic nitrogens is 2. The topological polar surface area (TPSA) is 64.1 Å². The predicted molar refractivity (Wildman–Crippen MR) is 85.1 cm³/mol. The Labute approximate surface area is 135 Å². The molecule has 23 heavy (non-hydrogen) atoms. The van der Waals surface area contributed by atoms with Gasteiger partial charge in [-0.3, -0.25) is 9.78 Å². The van der Waals surface area contributed by atoms with Gasteiger partial charge in [-0.05, 0) is 31.7 Å². The monoisotopic (exact) mass is 309 g/mol. The fourth-order valence-corrected chi connectivity index (χ4v) is 3.72. The number of para-hydroxylation sites is 1. The number of hydrogen-bond donors (Lipinski definition) is 1. The van der Waals surface area contributed by atoms with E-state index in [0.29, 0.717) is 5.69 Å². The molecule has 118 valence electrons. The molecule has 1 atom stereocenters. The lowest BCUT2D eigenvalue weighted by Gasteiger charge is -2.40. The minimum Gasteiger partial charge on any atom is -0.487 e. The van der Waals surface area contributed by atoms with Gasteiger partial charge in [0.25, 0.3) is 5.91 Å². The molecule has 1 aromatic carbocycles. The van der Waals surface area contributed by atoms with E-state index in [1.54, 1.807) is 6.20 Å². The number of benzene rings is 1. The molecule has 5 heteroatoms. The number of ether oxygens (including phenoxy) is 1. The lowest BCUT2D eigenvalue weighted by atomic mass is 9.86. The van der Waals surface area contributed by atoms with Gasteiger partial charge in [-0.1, -0.05) is 18.2 Å². The number of hydrogen-bond acceptors (Lipinski definition) is 4. The summed E-state index contributed by atoms with van der Waals surface area (Å²) in [6.45, 7) is 0. The normalized spacial score (nSPS) is 21.5. The molecular weight excluding hydrogens is 290 g/mol. The molecule has 1 N–H and O–H groups in total. The van der Waals surface area contributed by atoms with Crippen molar-refractivity contribution in [3.63, 3.8) is 0 Å². The standard InChI is InChI=1S/C18H19N3O2/c22-17(15-12-19-9-10-20-15)21-14-11-18(7-3-4-8-18)23-16-6-2-1-5-13(14)16/h1-2,5-6,9-10,12,14H,3-4,7-8,11H2,(H,21,22)/t14-/m0/s1. The van der Waals surface area contributed by atoms with Gasteiger partial charge >= 0.3 is 0 Å². The quantitative estimate of drug-likeness (QED) is 0.926. The van der Waals surface area contributed by atoms with E-state index in [4.69, 9.17) is 4.74 Å². The predicted octanol–water partition coefficient (Wildman–Crippen LogP) is 3.04. The summed E-state index contributed by atoms with van der Waals surface area (Å²) < 4.78 is 6.32. The average molecular weight is 309 g/mol. The zero-order chi connectivity index (χ0) is 15.7. The van der Waals surface area contributed by atoms with E-state index in [1.807, 2.05) is 24.3 Å². The molecule has 0 radical (unpaired) electrons. The van der Waals surface area contributed by atoms with Gasteiger partial charge in [0.2, 0.25) is 0 Å². The molecule has 0 bridgehead atoms. The van der Waals surface area contributed by atoms with E-state index in [1.165, 1.54) is 25.2 Å². The first-order chi connectivity index (χ1) is 11.3. The summed E-state index contributed by atoms with van der Waals surface area (Å²) in [7, 11) is 0. The van der Waals surface area contributed by atoms with Crippen LogP contribution in [0, 0.1) is 0 Å². The fraction of sp³-hybridized carbons (Fsp3) is 0.389. The number of carbonyl (C=O) groups excluding carboxylic acids is 1. The second kappa shape index (κ2) is 5.65. The maximum absolute atomic E-state index is 12.5. The Hall–Kier alpha value is -2.43. The van der Waals surface area contributed by atoms with Gasteiger partial charge in [-0.15, -0.1) is 0 Å². The van der Waals surface area contributed by atoms with Gasteiger partial charge in [0, 0.05) is 24.4 Å².